The van der Waals surface area contributed by atoms with E-state index in [2.05, 4.69) is 15.0 Å². The van der Waals surface area contributed by atoms with Crippen molar-refractivity contribution in [2.75, 3.05) is 24.1 Å². The van der Waals surface area contributed by atoms with Crippen LogP contribution in [0.3, 0.4) is 0 Å². The summed E-state index contributed by atoms with van der Waals surface area (Å²) in [4.78, 5) is 16.5. The normalized spacial score (nSPS) is 19.0. The van der Waals surface area contributed by atoms with Crippen LogP contribution in [0.5, 0.6) is 0 Å². The van der Waals surface area contributed by atoms with E-state index in [1.54, 1.807) is 6.92 Å². The largest absolute Gasteiger partial charge is 0.376 e. The van der Waals surface area contributed by atoms with Crippen LogP contribution in [0.1, 0.15) is 28.2 Å². The van der Waals surface area contributed by atoms with E-state index in [0.29, 0.717) is 17.1 Å². The molecule has 1 aliphatic rings. The maximum absolute atomic E-state index is 12.0. The van der Waals surface area contributed by atoms with Crippen molar-refractivity contribution in [1.29, 1.82) is 0 Å². The fourth-order valence-electron chi connectivity index (χ4n) is 1.90. The molecule has 1 amide bonds. The summed E-state index contributed by atoms with van der Waals surface area (Å²) >= 11 is 1.02. The van der Waals surface area contributed by atoms with Gasteiger partial charge in [0.2, 0.25) is 10.0 Å². The van der Waals surface area contributed by atoms with Crippen LogP contribution in [-0.2, 0) is 14.8 Å². The van der Waals surface area contributed by atoms with Crippen LogP contribution < -0.4 is 10.0 Å². The van der Waals surface area contributed by atoms with Crippen molar-refractivity contribution in [1.82, 2.24) is 10.3 Å². The second-order valence-corrected chi connectivity index (χ2v) is 7.40. The first-order valence-electron chi connectivity index (χ1n) is 6.20. The minimum absolute atomic E-state index is 0.0702. The van der Waals surface area contributed by atoms with E-state index < -0.39 is 10.0 Å². The fraction of sp³-hybridized carbons (Fsp3) is 0.636. The number of carbonyl (C=O) groups excluding carboxylic acids is 1. The van der Waals surface area contributed by atoms with Crippen LogP contribution in [0.2, 0.25) is 0 Å². The highest BCUT2D eigenvalue weighted by molar-refractivity contribution is 7.92. The molecule has 1 aromatic rings. The Bertz CT molecular complexity index is 591. The minimum Gasteiger partial charge on any atom is -0.376 e. The van der Waals surface area contributed by atoms with E-state index in [1.165, 1.54) is 0 Å². The molecule has 0 bridgehead atoms. The summed E-state index contributed by atoms with van der Waals surface area (Å²) in [5, 5.41) is 2.99. The van der Waals surface area contributed by atoms with Gasteiger partial charge in [-0.3, -0.25) is 9.52 Å². The molecule has 0 radical (unpaired) electrons. The highest BCUT2D eigenvalue weighted by atomic mass is 32.2. The van der Waals surface area contributed by atoms with Gasteiger partial charge in [-0.1, -0.05) is 11.3 Å². The lowest BCUT2D eigenvalue weighted by molar-refractivity contribution is 0.0860. The molecular formula is C11H17N3O4S2. The number of nitrogens with zero attached hydrogens (tertiary/aromatic N) is 1. The molecule has 9 heteroatoms. The van der Waals surface area contributed by atoms with Crippen LogP contribution in [0, 0.1) is 6.92 Å². The SMILES string of the molecule is Cc1nc(NS(C)(=O)=O)sc1C(=O)NCC1CCCO1. The van der Waals surface area contributed by atoms with Gasteiger partial charge in [0.05, 0.1) is 18.1 Å². The second-order valence-electron chi connectivity index (χ2n) is 4.65. The molecule has 112 valence electrons. The van der Waals surface area contributed by atoms with Crippen LogP contribution >= 0.6 is 11.3 Å². The molecule has 1 atom stereocenters. The smallest absolute Gasteiger partial charge is 0.263 e. The Kier molecular flexibility index (Phi) is 4.61. The summed E-state index contributed by atoms with van der Waals surface area (Å²) in [6.07, 6.45) is 3.08. The average molecular weight is 319 g/mol. The first-order chi connectivity index (χ1) is 9.35. The zero-order chi connectivity index (χ0) is 14.8. The number of ether oxygens (including phenoxy) is 1. The number of hydrogen-bond donors (Lipinski definition) is 2. The van der Waals surface area contributed by atoms with Gasteiger partial charge in [0.15, 0.2) is 5.13 Å². The lowest BCUT2D eigenvalue weighted by Gasteiger charge is -2.09. The molecule has 0 spiro atoms. The Labute approximate surface area is 121 Å². The number of anilines is 1. The van der Waals surface area contributed by atoms with Crippen molar-refractivity contribution in [3.8, 4) is 0 Å². The summed E-state index contributed by atoms with van der Waals surface area (Å²) in [6, 6.07) is 0. The third kappa shape index (κ3) is 4.15. The Morgan fingerprint density at radius 1 is 1.55 bits per heavy atom. The second kappa shape index (κ2) is 6.06. The number of thiazole rings is 1. The summed E-state index contributed by atoms with van der Waals surface area (Å²) in [5.41, 5.74) is 0.506. The van der Waals surface area contributed by atoms with Crippen molar-refractivity contribution >= 4 is 32.4 Å². The molecule has 1 fully saturated rings. The number of carbonyl (C=O) groups is 1. The summed E-state index contributed by atoms with van der Waals surface area (Å²) in [7, 11) is -3.39. The molecular weight excluding hydrogens is 302 g/mol. The standard InChI is InChI=1S/C11H17N3O4S2/c1-7-9(19-11(13-7)14-20(2,16)17)10(15)12-6-8-4-3-5-18-8/h8H,3-6H2,1-2H3,(H,12,15)(H,13,14). The van der Waals surface area contributed by atoms with Gasteiger partial charge in [-0.2, -0.15) is 0 Å². The van der Waals surface area contributed by atoms with Gasteiger partial charge in [-0.25, -0.2) is 13.4 Å². The number of sulfonamides is 1. The molecule has 7 nitrogen and oxygen atoms in total. The van der Waals surface area contributed by atoms with Crippen molar-refractivity contribution in [3.63, 3.8) is 0 Å². The Morgan fingerprint density at radius 3 is 2.90 bits per heavy atom. The highest BCUT2D eigenvalue weighted by Crippen LogP contribution is 2.23. The van der Waals surface area contributed by atoms with E-state index >= 15 is 0 Å². The summed E-state index contributed by atoms with van der Waals surface area (Å²) in [6.45, 7) is 2.87. The molecule has 1 aromatic heterocycles. The molecule has 0 saturated carbocycles. The fourth-order valence-corrected chi connectivity index (χ4v) is 3.62. The lowest BCUT2D eigenvalue weighted by Crippen LogP contribution is -2.31. The van der Waals surface area contributed by atoms with Gasteiger partial charge in [0, 0.05) is 13.2 Å². The quantitative estimate of drug-likeness (QED) is 0.834. The van der Waals surface area contributed by atoms with Crippen LogP contribution in [0.4, 0.5) is 5.13 Å². The van der Waals surface area contributed by atoms with E-state index in [9.17, 15) is 13.2 Å². The number of aryl methyl sites for hydroxylation is 1. The Balaban J connectivity index is 1.98. The molecule has 1 aliphatic heterocycles. The monoisotopic (exact) mass is 319 g/mol. The highest BCUT2D eigenvalue weighted by Gasteiger charge is 2.20. The first kappa shape index (κ1) is 15.2. The molecule has 0 aromatic carbocycles. The topological polar surface area (TPSA) is 97.4 Å². The van der Waals surface area contributed by atoms with Gasteiger partial charge >= 0.3 is 0 Å². The lowest BCUT2D eigenvalue weighted by atomic mass is 10.2. The minimum atomic E-state index is -3.39. The van der Waals surface area contributed by atoms with Crippen LogP contribution in [0.25, 0.3) is 0 Å². The van der Waals surface area contributed by atoms with Crippen LogP contribution in [0.15, 0.2) is 0 Å². The zero-order valence-corrected chi connectivity index (χ0v) is 12.9. The molecule has 20 heavy (non-hydrogen) atoms. The molecule has 2 heterocycles. The average Bonchev–Trinajstić information content (AvgIpc) is 2.93. The molecule has 2 N–H and O–H groups in total. The van der Waals surface area contributed by atoms with E-state index in [4.69, 9.17) is 4.74 Å². The maximum Gasteiger partial charge on any atom is 0.263 e. The van der Waals surface area contributed by atoms with Crippen molar-refractivity contribution in [2.45, 2.75) is 25.9 Å². The summed E-state index contributed by atoms with van der Waals surface area (Å²) < 4.78 is 29.9. The van der Waals surface area contributed by atoms with Crippen molar-refractivity contribution in [3.05, 3.63) is 10.6 Å². The van der Waals surface area contributed by atoms with E-state index in [1.807, 2.05) is 0 Å². The predicted octanol–water partition coefficient (Wildman–Crippen LogP) is 0.732. The summed E-state index contributed by atoms with van der Waals surface area (Å²) in [5.74, 6) is -0.253. The molecule has 1 unspecified atom stereocenters. The van der Waals surface area contributed by atoms with Gasteiger partial charge in [0.1, 0.15) is 4.88 Å². The zero-order valence-electron chi connectivity index (χ0n) is 11.3. The van der Waals surface area contributed by atoms with E-state index in [-0.39, 0.29) is 17.1 Å². The third-order valence-corrected chi connectivity index (χ3v) is 4.55. The third-order valence-electron chi connectivity index (χ3n) is 2.79. The number of rotatable bonds is 5. The van der Waals surface area contributed by atoms with E-state index in [0.717, 1.165) is 37.0 Å². The number of nitrogens with one attached hydrogen (secondary N) is 2. The van der Waals surface area contributed by atoms with Crippen molar-refractivity contribution < 1.29 is 17.9 Å². The van der Waals surface area contributed by atoms with Crippen LogP contribution in [-0.4, -0.2) is 44.8 Å². The van der Waals surface area contributed by atoms with Gasteiger partial charge in [0.25, 0.3) is 5.91 Å². The van der Waals surface area contributed by atoms with Crippen molar-refractivity contribution in [2.24, 2.45) is 0 Å². The Hall–Kier alpha value is -1.19. The Morgan fingerprint density at radius 2 is 2.30 bits per heavy atom. The number of aromatic nitrogens is 1. The molecule has 1 saturated heterocycles. The molecule has 2 rings (SSSR count). The molecule has 0 aliphatic carbocycles. The van der Waals surface area contributed by atoms with Gasteiger partial charge < -0.3 is 10.1 Å². The number of hydrogen-bond acceptors (Lipinski definition) is 6. The van der Waals surface area contributed by atoms with Gasteiger partial charge in [-0.05, 0) is 19.8 Å². The maximum atomic E-state index is 12.0. The van der Waals surface area contributed by atoms with Gasteiger partial charge in [-0.15, -0.1) is 0 Å². The number of amides is 1. The predicted molar refractivity (Wildman–Crippen MR) is 76.6 cm³/mol. The first-order valence-corrected chi connectivity index (χ1v) is 8.91.